The zero-order valence-electron chi connectivity index (χ0n) is 19.0. The lowest BCUT2D eigenvalue weighted by Crippen LogP contribution is -2.32. The number of hydrogen-bond acceptors (Lipinski definition) is 7. The van der Waals surface area contributed by atoms with E-state index in [2.05, 4.69) is 11.9 Å². The van der Waals surface area contributed by atoms with Crippen LogP contribution in [0.2, 0.25) is 0 Å². The average molecular weight is 449 g/mol. The summed E-state index contributed by atoms with van der Waals surface area (Å²) in [6.45, 7) is 6.52. The van der Waals surface area contributed by atoms with Crippen molar-refractivity contribution in [1.82, 2.24) is 4.98 Å². The molecule has 0 spiro atoms. The predicted octanol–water partition coefficient (Wildman–Crippen LogP) is 4.80. The van der Waals surface area contributed by atoms with Crippen LogP contribution in [0.4, 0.5) is 5.13 Å². The van der Waals surface area contributed by atoms with Gasteiger partial charge in [0, 0.05) is 13.0 Å². The molecule has 2 aromatic rings. The van der Waals surface area contributed by atoms with Gasteiger partial charge in [0.05, 0.1) is 26.5 Å². The smallest absolute Gasteiger partial charge is 0.350 e. The largest absolute Gasteiger partial charge is 0.493 e. The maximum absolute atomic E-state index is 13.2. The molecule has 0 aliphatic rings. The number of methoxy groups -OCH3 is 2. The van der Waals surface area contributed by atoms with E-state index in [1.54, 1.807) is 33.0 Å². The normalized spacial score (nSPS) is 10.6. The minimum absolute atomic E-state index is 0.0369. The van der Waals surface area contributed by atoms with Crippen LogP contribution < -0.4 is 14.4 Å². The third-order valence-electron chi connectivity index (χ3n) is 4.86. The van der Waals surface area contributed by atoms with Gasteiger partial charge in [0.1, 0.15) is 4.88 Å². The number of esters is 1. The van der Waals surface area contributed by atoms with Crippen molar-refractivity contribution >= 4 is 28.3 Å². The SMILES string of the molecule is CCCCCN(C(=O)CCc1cccc(OC)c1OC)c1nc(C)c(C(=O)OCC)s1. The van der Waals surface area contributed by atoms with Crippen LogP contribution in [0.1, 0.15) is 60.5 Å². The first kappa shape index (κ1) is 24.7. The summed E-state index contributed by atoms with van der Waals surface area (Å²) in [4.78, 5) is 32.0. The Balaban J connectivity index is 2.21. The first-order valence-electron chi connectivity index (χ1n) is 10.6. The Labute approximate surface area is 188 Å². The zero-order valence-corrected chi connectivity index (χ0v) is 19.8. The van der Waals surface area contributed by atoms with Gasteiger partial charge in [-0.05, 0) is 38.3 Å². The number of carbonyl (C=O) groups excluding carboxylic acids is 2. The molecule has 0 N–H and O–H groups in total. The third-order valence-corrected chi connectivity index (χ3v) is 6.02. The van der Waals surface area contributed by atoms with E-state index in [1.165, 1.54) is 11.3 Å². The molecule has 0 saturated carbocycles. The van der Waals surface area contributed by atoms with Crippen molar-refractivity contribution in [3.63, 3.8) is 0 Å². The van der Waals surface area contributed by atoms with Crippen molar-refractivity contribution in [1.29, 1.82) is 0 Å². The maximum Gasteiger partial charge on any atom is 0.350 e. The van der Waals surface area contributed by atoms with Crippen LogP contribution in [0, 0.1) is 6.92 Å². The topological polar surface area (TPSA) is 78.0 Å². The summed E-state index contributed by atoms with van der Waals surface area (Å²) in [6, 6.07) is 5.65. The minimum atomic E-state index is -0.397. The molecule has 0 aliphatic carbocycles. The number of amides is 1. The Hall–Kier alpha value is -2.61. The van der Waals surface area contributed by atoms with E-state index in [4.69, 9.17) is 14.2 Å². The number of benzene rings is 1. The van der Waals surface area contributed by atoms with Crippen molar-refractivity contribution < 1.29 is 23.8 Å². The zero-order chi connectivity index (χ0) is 22.8. The second-order valence-electron chi connectivity index (χ2n) is 7.04. The van der Waals surface area contributed by atoms with Gasteiger partial charge < -0.3 is 14.2 Å². The van der Waals surface area contributed by atoms with Crippen molar-refractivity contribution in [2.45, 2.75) is 52.9 Å². The summed E-state index contributed by atoms with van der Waals surface area (Å²) >= 11 is 1.21. The molecule has 1 amide bonds. The molecule has 0 aliphatic heterocycles. The molecule has 170 valence electrons. The van der Waals surface area contributed by atoms with Gasteiger partial charge in [-0.2, -0.15) is 0 Å². The molecular weight excluding hydrogens is 416 g/mol. The van der Waals surface area contributed by atoms with E-state index in [0.29, 0.717) is 53.2 Å². The van der Waals surface area contributed by atoms with Gasteiger partial charge in [-0.1, -0.05) is 43.2 Å². The monoisotopic (exact) mass is 448 g/mol. The van der Waals surface area contributed by atoms with Crippen molar-refractivity contribution in [2.24, 2.45) is 0 Å². The van der Waals surface area contributed by atoms with E-state index in [9.17, 15) is 9.59 Å². The third kappa shape index (κ3) is 6.43. The van der Waals surface area contributed by atoms with E-state index >= 15 is 0 Å². The second kappa shape index (κ2) is 12.3. The molecule has 0 fully saturated rings. The lowest BCUT2D eigenvalue weighted by Gasteiger charge is -2.20. The van der Waals surface area contributed by atoms with Crippen LogP contribution in [0.25, 0.3) is 0 Å². The molecule has 0 bridgehead atoms. The highest BCUT2D eigenvalue weighted by Gasteiger charge is 2.24. The minimum Gasteiger partial charge on any atom is -0.493 e. The van der Waals surface area contributed by atoms with E-state index in [-0.39, 0.29) is 5.91 Å². The summed E-state index contributed by atoms with van der Waals surface area (Å²) in [7, 11) is 3.18. The van der Waals surface area contributed by atoms with E-state index < -0.39 is 5.97 Å². The van der Waals surface area contributed by atoms with Crippen molar-refractivity contribution in [3.8, 4) is 11.5 Å². The molecule has 1 aromatic carbocycles. The molecule has 0 atom stereocenters. The Morgan fingerprint density at radius 1 is 1.13 bits per heavy atom. The molecule has 7 nitrogen and oxygen atoms in total. The number of para-hydroxylation sites is 1. The highest BCUT2D eigenvalue weighted by atomic mass is 32.1. The molecule has 1 aromatic heterocycles. The molecule has 0 unspecified atom stereocenters. The molecule has 31 heavy (non-hydrogen) atoms. The van der Waals surface area contributed by atoms with E-state index in [1.807, 2.05) is 18.2 Å². The fraction of sp³-hybridized carbons (Fsp3) is 0.522. The number of unbranched alkanes of at least 4 members (excludes halogenated alkanes) is 2. The quantitative estimate of drug-likeness (QED) is 0.343. The number of thiazole rings is 1. The average Bonchev–Trinajstić information content (AvgIpc) is 3.16. The standard InChI is InChI=1S/C23H32N2O5S/c1-6-8-9-15-25(23-24-16(3)21(31-23)22(27)30-7-2)19(26)14-13-17-11-10-12-18(28-4)20(17)29-5/h10-12H,6-9,13-15H2,1-5H3. The molecular formula is C23H32N2O5S. The molecule has 0 saturated heterocycles. The summed E-state index contributed by atoms with van der Waals surface area (Å²) < 4.78 is 15.9. The van der Waals surface area contributed by atoms with Gasteiger partial charge in [-0.25, -0.2) is 9.78 Å². The highest BCUT2D eigenvalue weighted by Crippen LogP contribution is 2.32. The molecule has 1 heterocycles. The van der Waals surface area contributed by atoms with Gasteiger partial charge in [0.25, 0.3) is 0 Å². The Morgan fingerprint density at radius 2 is 1.90 bits per heavy atom. The van der Waals surface area contributed by atoms with Gasteiger partial charge in [-0.15, -0.1) is 0 Å². The Morgan fingerprint density at radius 3 is 2.55 bits per heavy atom. The first-order chi connectivity index (χ1) is 15.0. The number of rotatable bonds is 12. The number of aryl methyl sites for hydroxylation is 2. The molecule has 2 rings (SSSR count). The first-order valence-corrected chi connectivity index (χ1v) is 11.4. The van der Waals surface area contributed by atoms with Crippen LogP contribution in [0.3, 0.4) is 0 Å². The number of anilines is 1. The molecule has 8 heteroatoms. The Kier molecular flexibility index (Phi) is 9.78. The Bertz CT molecular complexity index is 881. The fourth-order valence-corrected chi connectivity index (χ4v) is 4.26. The van der Waals surface area contributed by atoms with Crippen LogP contribution in [0.5, 0.6) is 11.5 Å². The number of aromatic nitrogens is 1. The van der Waals surface area contributed by atoms with Gasteiger partial charge in [0.15, 0.2) is 16.6 Å². The van der Waals surface area contributed by atoms with Gasteiger partial charge in [-0.3, -0.25) is 9.69 Å². The summed E-state index contributed by atoms with van der Waals surface area (Å²) in [5.41, 5.74) is 1.49. The summed E-state index contributed by atoms with van der Waals surface area (Å²) in [5, 5.41) is 0.541. The van der Waals surface area contributed by atoms with Gasteiger partial charge in [0.2, 0.25) is 5.91 Å². The maximum atomic E-state index is 13.2. The van der Waals surface area contributed by atoms with Crippen LogP contribution in [-0.4, -0.2) is 44.2 Å². The van der Waals surface area contributed by atoms with E-state index in [0.717, 1.165) is 24.8 Å². The van der Waals surface area contributed by atoms with Crippen LogP contribution >= 0.6 is 11.3 Å². The summed E-state index contributed by atoms with van der Waals surface area (Å²) in [5.74, 6) is 0.850. The van der Waals surface area contributed by atoms with Crippen molar-refractivity contribution in [2.75, 3.05) is 32.3 Å². The van der Waals surface area contributed by atoms with Crippen LogP contribution in [-0.2, 0) is 16.0 Å². The fourth-order valence-electron chi connectivity index (χ4n) is 3.26. The van der Waals surface area contributed by atoms with Gasteiger partial charge >= 0.3 is 5.97 Å². The lowest BCUT2D eigenvalue weighted by atomic mass is 10.1. The lowest BCUT2D eigenvalue weighted by molar-refractivity contribution is -0.118. The second-order valence-corrected chi connectivity index (χ2v) is 8.01. The number of carbonyl (C=O) groups is 2. The predicted molar refractivity (Wildman–Crippen MR) is 123 cm³/mol. The number of nitrogens with zero attached hydrogens (tertiary/aromatic N) is 2. The van der Waals surface area contributed by atoms with Crippen molar-refractivity contribution in [3.05, 3.63) is 34.3 Å². The summed E-state index contributed by atoms with van der Waals surface area (Å²) in [6.07, 6.45) is 3.75. The number of ether oxygens (including phenoxy) is 3. The number of hydrogen-bond donors (Lipinski definition) is 0. The molecule has 0 radical (unpaired) electrons. The van der Waals surface area contributed by atoms with Crippen LogP contribution in [0.15, 0.2) is 18.2 Å². The highest BCUT2D eigenvalue weighted by molar-refractivity contribution is 7.17.